The molecule has 9 rings (SSSR count). The normalized spacial score (nSPS) is 24.8. The predicted octanol–water partition coefficient (Wildman–Crippen LogP) is 9.80. The van der Waals surface area contributed by atoms with Crippen molar-refractivity contribution < 1.29 is 0 Å². The van der Waals surface area contributed by atoms with Crippen molar-refractivity contribution in [2.24, 2.45) is 9.98 Å². The van der Waals surface area contributed by atoms with Crippen LogP contribution in [0.15, 0.2) is 158 Å². The summed E-state index contributed by atoms with van der Waals surface area (Å²) in [7, 11) is 0. The van der Waals surface area contributed by atoms with Crippen molar-refractivity contribution in [3.8, 4) is 0 Å². The molecule has 0 spiro atoms. The number of hydrogen-bond acceptors (Lipinski definition) is 4. The lowest BCUT2D eigenvalue weighted by Crippen LogP contribution is -2.36. The summed E-state index contributed by atoms with van der Waals surface area (Å²) in [6.45, 7) is 0. The number of thioether (sulfide) groups is 1. The van der Waals surface area contributed by atoms with Crippen LogP contribution < -0.4 is 5.32 Å². The lowest BCUT2D eigenvalue weighted by Gasteiger charge is -2.35. The van der Waals surface area contributed by atoms with E-state index >= 15 is 0 Å². The first-order valence-corrected chi connectivity index (χ1v) is 17.2. The Bertz CT molecular complexity index is 1970. The second-order valence-corrected chi connectivity index (χ2v) is 13.9. The Morgan fingerprint density at radius 2 is 1.58 bits per heavy atom. The molecule has 0 bridgehead atoms. The summed E-state index contributed by atoms with van der Waals surface area (Å²) in [4.78, 5) is 11.7. The number of nitrogens with zero attached hydrogens (tertiary/aromatic N) is 2. The van der Waals surface area contributed by atoms with E-state index in [2.05, 4.69) is 121 Å². The highest BCUT2D eigenvalue weighted by molar-refractivity contribution is 8.00. The number of rotatable bonds is 4. The zero-order valence-electron chi connectivity index (χ0n) is 25.2. The van der Waals surface area contributed by atoms with Gasteiger partial charge in [-0.05, 0) is 101 Å². The first kappa shape index (κ1) is 26.9. The molecule has 0 fully saturated rings. The first-order chi connectivity index (χ1) is 22.3. The van der Waals surface area contributed by atoms with Gasteiger partial charge in [-0.3, -0.25) is 0 Å². The van der Waals surface area contributed by atoms with E-state index in [1.54, 1.807) is 22.3 Å². The maximum Gasteiger partial charge on any atom is 0.169 e. The third-order valence-corrected chi connectivity index (χ3v) is 11.3. The molecular weight excluding hydrogens is 567 g/mol. The fraction of sp³-hybridized carbons (Fsp3) is 0.220. The lowest BCUT2D eigenvalue weighted by atomic mass is 9.70. The maximum atomic E-state index is 5.14. The van der Waals surface area contributed by atoms with E-state index < -0.39 is 0 Å². The number of aliphatic imine (C=N–C) groups is 2. The molecule has 3 aromatic carbocycles. The molecule has 3 atom stereocenters. The Morgan fingerprint density at radius 1 is 0.733 bits per heavy atom. The van der Waals surface area contributed by atoms with Crippen molar-refractivity contribution in [1.29, 1.82) is 0 Å². The molecule has 2 aliphatic heterocycles. The van der Waals surface area contributed by atoms with Crippen LogP contribution >= 0.6 is 11.8 Å². The zero-order chi connectivity index (χ0) is 29.7. The minimum atomic E-state index is -0.258. The van der Waals surface area contributed by atoms with E-state index in [9.17, 15) is 0 Å². The van der Waals surface area contributed by atoms with E-state index in [1.807, 2.05) is 11.8 Å². The molecule has 0 radical (unpaired) electrons. The highest BCUT2D eigenvalue weighted by Gasteiger charge is 2.40. The molecule has 6 aliphatic rings. The van der Waals surface area contributed by atoms with Gasteiger partial charge < -0.3 is 5.32 Å². The highest BCUT2D eigenvalue weighted by Crippen LogP contribution is 2.56. The van der Waals surface area contributed by atoms with Crippen molar-refractivity contribution in [3.63, 3.8) is 0 Å². The van der Waals surface area contributed by atoms with Crippen LogP contribution in [0.25, 0.3) is 5.57 Å². The fourth-order valence-corrected chi connectivity index (χ4v) is 9.18. The van der Waals surface area contributed by atoms with Crippen LogP contribution in [-0.4, -0.2) is 16.9 Å². The largest absolute Gasteiger partial charge is 0.325 e. The van der Waals surface area contributed by atoms with E-state index in [4.69, 9.17) is 9.98 Å². The minimum Gasteiger partial charge on any atom is -0.325 e. The smallest absolute Gasteiger partial charge is 0.169 e. The standard InChI is InChI=1S/C41H35N3S/c1-3-10-27(11-4-1)39-42-40(28-12-5-2-6-13-28)44-41(43-39)32-15-9-14-29(25-32)30-20-22-33-31(24-30)19-18-26-21-23-36-38(37(26)33)34-16-7-8-17-35(34)45-36/h1-5,7-12,14-17,21,23-25,36,38-39H,6,13,18-20,22H2,(H,42,43,44). The Hall–Kier alpha value is -4.41. The van der Waals surface area contributed by atoms with Crippen molar-refractivity contribution in [3.05, 3.63) is 165 Å². The van der Waals surface area contributed by atoms with Gasteiger partial charge in [0, 0.05) is 21.6 Å². The van der Waals surface area contributed by atoms with Gasteiger partial charge in [0.15, 0.2) is 6.17 Å². The number of benzene rings is 3. The molecule has 4 heteroatoms. The van der Waals surface area contributed by atoms with Crippen LogP contribution in [-0.2, 0) is 0 Å². The molecular formula is C41H35N3S. The topological polar surface area (TPSA) is 36.8 Å². The van der Waals surface area contributed by atoms with E-state index in [0.29, 0.717) is 11.2 Å². The fourth-order valence-electron chi connectivity index (χ4n) is 7.82. The van der Waals surface area contributed by atoms with Gasteiger partial charge >= 0.3 is 0 Å². The van der Waals surface area contributed by atoms with Crippen molar-refractivity contribution in [2.75, 3.05) is 0 Å². The predicted molar refractivity (Wildman–Crippen MR) is 188 cm³/mol. The van der Waals surface area contributed by atoms with Gasteiger partial charge in [0.2, 0.25) is 0 Å². The molecule has 0 saturated heterocycles. The van der Waals surface area contributed by atoms with Crippen LogP contribution in [0.4, 0.5) is 0 Å². The quantitative estimate of drug-likeness (QED) is 0.323. The SMILES string of the molecule is C1=CCCC(C2=NC(c3ccccc3)N=C(c3cccc(C4=CC5=C(CC4)C4=C(C=CC6Sc7ccccc7C46)CC5)c3)N2)=C1. The third-order valence-electron chi connectivity index (χ3n) is 10.0. The van der Waals surface area contributed by atoms with Crippen LogP contribution in [0.3, 0.4) is 0 Å². The summed E-state index contributed by atoms with van der Waals surface area (Å²) in [6, 6.07) is 28.5. The summed E-state index contributed by atoms with van der Waals surface area (Å²) in [5.74, 6) is 2.33. The number of fused-ring (bicyclic) bond motifs is 5. The molecule has 4 aliphatic carbocycles. The van der Waals surface area contributed by atoms with Gasteiger partial charge in [-0.1, -0.05) is 103 Å². The summed E-state index contributed by atoms with van der Waals surface area (Å²) in [5, 5.41) is 4.15. The summed E-state index contributed by atoms with van der Waals surface area (Å²) in [5.41, 5.74) is 14.1. The average Bonchev–Trinajstić information content (AvgIpc) is 3.51. The maximum absolute atomic E-state index is 5.14. The first-order valence-electron chi connectivity index (χ1n) is 16.3. The number of nitrogens with one attached hydrogen (secondary N) is 1. The number of allylic oxidation sites excluding steroid dienone is 10. The number of hydrogen-bond donors (Lipinski definition) is 1. The second-order valence-electron chi connectivity index (χ2n) is 12.7. The van der Waals surface area contributed by atoms with Crippen LogP contribution in [0, 0.1) is 0 Å². The highest BCUT2D eigenvalue weighted by atomic mass is 32.2. The Morgan fingerprint density at radius 3 is 2.49 bits per heavy atom. The van der Waals surface area contributed by atoms with Crippen molar-refractivity contribution >= 4 is 29.0 Å². The Labute approximate surface area is 269 Å². The number of amidine groups is 2. The lowest BCUT2D eigenvalue weighted by molar-refractivity contribution is 0.740. The summed E-state index contributed by atoms with van der Waals surface area (Å²) >= 11 is 2.04. The van der Waals surface area contributed by atoms with Gasteiger partial charge in [-0.15, -0.1) is 11.8 Å². The van der Waals surface area contributed by atoms with Crippen LogP contribution in [0.1, 0.15) is 72.9 Å². The molecule has 3 unspecified atom stereocenters. The van der Waals surface area contributed by atoms with Gasteiger partial charge in [0.05, 0.1) is 0 Å². The van der Waals surface area contributed by atoms with Crippen LogP contribution in [0.5, 0.6) is 0 Å². The summed E-state index contributed by atoms with van der Waals surface area (Å²) in [6.07, 6.45) is 20.2. The Kier molecular flexibility index (Phi) is 6.70. The van der Waals surface area contributed by atoms with Crippen LogP contribution in [0.2, 0.25) is 0 Å². The minimum absolute atomic E-state index is 0.258. The molecule has 2 heterocycles. The van der Waals surface area contributed by atoms with Gasteiger partial charge in [0.25, 0.3) is 0 Å². The van der Waals surface area contributed by atoms with E-state index in [-0.39, 0.29) is 6.17 Å². The van der Waals surface area contributed by atoms with Crippen molar-refractivity contribution in [2.45, 2.75) is 60.8 Å². The van der Waals surface area contributed by atoms with E-state index in [0.717, 1.165) is 61.3 Å². The van der Waals surface area contributed by atoms with Gasteiger partial charge in [-0.25, -0.2) is 9.98 Å². The molecule has 0 saturated carbocycles. The molecule has 3 aromatic rings. The second kappa shape index (κ2) is 11.2. The molecule has 3 nitrogen and oxygen atoms in total. The van der Waals surface area contributed by atoms with Gasteiger partial charge in [0.1, 0.15) is 11.7 Å². The molecule has 220 valence electrons. The van der Waals surface area contributed by atoms with Gasteiger partial charge in [-0.2, -0.15) is 0 Å². The van der Waals surface area contributed by atoms with Crippen molar-refractivity contribution in [1.82, 2.24) is 5.32 Å². The molecule has 0 aromatic heterocycles. The third kappa shape index (κ3) is 4.83. The molecule has 0 amide bonds. The summed E-state index contributed by atoms with van der Waals surface area (Å²) < 4.78 is 0. The average molecular weight is 602 g/mol. The van der Waals surface area contributed by atoms with E-state index in [1.165, 1.54) is 27.2 Å². The monoisotopic (exact) mass is 601 g/mol. The molecule has 1 N–H and O–H groups in total. The molecule has 45 heavy (non-hydrogen) atoms. The zero-order valence-corrected chi connectivity index (χ0v) is 26.1. The Balaban J connectivity index is 1.05.